The summed E-state index contributed by atoms with van der Waals surface area (Å²) in [6, 6.07) is 15.2. The summed E-state index contributed by atoms with van der Waals surface area (Å²) in [5.41, 5.74) is 1.71. The molecule has 3 nitrogen and oxygen atoms in total. The third-order valence-corrected chi connectivity index (χ3v) is 3.14. The summed E-state index contributed by atoms with van der Waals surface area (Å²) in [4.78, 5) is 10.8. The molecule has 0 bridgehead atoms. The van der Waals surface area contributed by atoms with Crippen molar-refractivity contribution < 1.29 is 14.3 Å². The minimum absolute atomic E-state index is 0.301. The van der Waals surface area contributed by atoms with Crippen LogP contribution in [0.4, 0.5) is 0 Å². The first-order valence-electron chi connectivity index (χ1n) is 7.10. The van der Waals surface area contributed by atoms with Gasteiger partial charge in [-0.25, -0.2) is 0 Å². The number of rotatable bonds is 7. The monoisotopic (exact) mass is 284 g/mol. The molecule has 2 aromatic carbocycles. The Morgan fingerprint density at radius 3 is 2.38 bits per heavy atom. The Kier molecular flexibility index (Phi) is 5.38. The SMILES string of the molecule is CC(C)c1cc(C=O)ccc1OCCOc1ccccc1. The molecule has 110 valence electrons. The Hall–Kier alpha value is -2.29. The normalized spacial score (nSPS) is 10.4. The molecular weight excluding hydrogens is 264 g/mol. The molecule has 0 aliphatic carbocycles. The zero-order valence-corrected chi connectivity index (χ0v) is 12.4. The highest BCUT2D eigenvalue weighted by atomic mass is 16.5. The van der Waals surface area contributed by atoms with Crippen LogP contribution in [0, 0.1) is 0 Å². The molecule has 3 heteroatoms. The second kappa shape index (κ2) is 7.48. The topological polar surface area (TPSA) is 35.5 Å². The van der Waals surface area contributed by atoms with Crippen LogP contribution in [-0.2, 0) is 0 Å². The highest BCUT2D eigenvalue weighted by Gasteiger charge is 2.09. The first kappa shape index (κ1) is 15.1. The van der Waals surface area contributed by atoms with E-state index in [1.807, 2.05) is 42.5 Å². The summed E-state index contributed by atoms with van der Waals surface area (Å²) >= 11 is 0. The molecule has 0 amide bonds. The predicted molar refractivity (Wildman–Crippen MR) is 83.4 cm³/mol. The lowest BCUT2D eigenvalue weighted by Gasteiger charge is -2.15. The molecule has 0 N–H and O–H groups in total. The first-order chi connectivity index (χ1) is 10.2. The fourth-order valence-electron chi connectivity index (χ4n) is 2.05. The van der Waals surface area contributed by atoms with Crippen LogP contribution in [0.25, 0.3) is 0 Å². The van der Waals surface area contributed by atoms with Gasteiger partial charge in [0.15, 0.2) is 0 Å². The van der Waals surface area contributed by atoms with E-state index < -0.39 is 0 Å². The minimum atomic E-state index is 0.301. The molecule has 0 spiro atoms. The van der Waals surface area contributed by atoms with Crippen molar-refractivity contribution in [3.63, 3.8) is 0 Å². The molecular formula is C18H20O3. The van der Waals surface area contributed by atoms with E-state index in [4.69, 9.17) is 9.47 Å². The summed E-state index contributed by atoms with van der Waals surface area (Å²) in [6.07, 6.45) is 0.855. The number of hydrogen-bond acceptors (Lipinski definition) is 3. The van der Waals surface area contributed by atoms with Gasteiger partial charge in [-0.1, -0.05) is 32.0 Å². The fraction of sp³-hybridized carbons (Fsp3) is 0.278. The molecule has 21 heavy (non-hydrogen) atoms. The minimum Gasteiger partial charge on any atom is -0.490 e. The summed E-state index contributed by atoms with van der Waals surface area (Å²) in [5.74, 6) is 1.95. The van der Waals surface area contributed by atoms with Gasteiger partial charge in [0.2, 0.25) is 0 Å². The highest BCUT2D eigenvalue weighted by molar-refractivity contribution is 5.75. The molecule has 0 saturated carbocycles. The fourth-order valence-corrected chi connectivity index (χ4v) is 2.05. The quantitative estimate of drug-likeness (QED) is 0.567. The van der Waals surface area contributed by atoms with Crippen LogP contribution in [0.1, 0.15) is 35.7 Å². The lowest BCUT2D eigenvalue weighted by atomic mass is 10.00. The summed E-state index contributed by atoms with van der Waals surface area (Å²) in [6.45, 7) is 5.11. The average Bonchev–Trinajstić information content (AvgIpc) is 2.52. The van der Waals surface area contributed by atoms with Gasteiger partial charge in [0, 0.05) is 5.56 Å². The molecule has 2 rings (SSSR count). The van der Waals surface area contributed by atoms with Gasteiger partial charge in [-0.05, 0) is 41.8 Å². The maximum atomic E-state index is 10.8. The van der Waals surface area contributed by atoms with Crippen LogP contribution in [0.5, 0.6) is 11.5 Å². The largest absolute Gasteiger partial charge is 0.490 e. The average molecular weight is 284 g/mol. The van der Waals surface area contributed by atoms with E-state index in [1.165, 1.54) is 0 Å². The van der Waals surface area contributed by atoms with E-state index in [0.29, 0.717) is 24.7 Å². The van der Waals surface area contributed by atoms with Crippen LogP contribution in [-0.4, -0.2) is 19.5 Å². The Balaban J connectivity index is 1.92. The van der Waals surface area contributed by atoms with Crippen molar-refractivity contribution in [1.82, 2.24) is 0 Å². The van der Waals surface area contributed by atoms with Crippen LogP contribution in [0.2, 0.25) is 0 Å². The number of para-hydroxylation sites is 1. The van der Waals surface area contributed by atoms with E-state index in [2.05, 4.69) is 13.8 Å². The van der Waals surface area contributed by atoms with Gasteiger partial charge >= 0.3 is 0 Å². The van der Waals surface area contributed by atoms with Gasteiger partial charge in [-0.15, -0.1) is 0 Å². The number of ether oxygens (including phenoxy) is 2. The van der Waals surface area contributed by atoms with Crippen molar-refractivity contribution in [1.29, 1.82) is 0 Å². The molecule has 0 radical (unpaired) electrons. The molecule has 0 saturated heterocycles. The molecule has 0 aliphatic heterocycles. The first-order valence-corrected chi connectivity index (χ1v) is 7.10. The number of carbonyl (C=O) groups excluding carboxylic acids is 1. The molecule has 0 heterocycles. The van der Waals surface area contributed by atoms with Crippen molar-refractivity contribution in [3.8, 4) is 11.5 Å². The molecule has 2 aromatic rings. The van der Waals surface area contributed by atoms with E-state index in [1.54, 1.807) is 6.07 Å². The van der Waals surface area contributed by atoms with Gasteiger partial charge in [0.1, 0.15) is 31.0 Å². The Bertz CT molecular complexity index is 576. The van der Waals surface area contributed by atoms with Crippen molar-refractivity contribution in [3.05, 3.63) is 59.7 Å². The van der Waals surface area contributed by atoms with E-state index in [9.17, 15) is 4.79 Å². The van der Waals surface area contributed by atoms with Crippen LogP contribution < -0.4 is 9.47 Å². The third kappa shape index (κ3) is 4.35. The highest BCUT2D eigenvalue weighted by Crippen LogP contribution is 2.27. The summed E-state index contributed by atoms with van der Waals surface area (Å²) in [7, 11) is 0. The van der Waals surface area contributed by atoms with Gasteiger partial charge < -0.3 is 9.47 Å². The predicted octanol–water partition coefficient (Wildman–Crippen LogP) is 4.08. The van der Waals surface area contributed by atoms with Gasteiger partial charge in [0.25, 0.3) is 0 Å². The number of benzene rings is 2. The van der Waals surface area contributed by atoms with Gasteiger partial charge in [-0.3, -0.25) is 4.79 Å². The molecule has 0 atom stereocenters. The molecule has 0 unspecified atom stereocenters. The van der Waals surface area contributed by atoms with Gasteiger partial charge in [-0.2, -0.15) is 0 Å². The summed E-state index contributed by atoms with van der Waals surface area (Å²) in [5, 5.41) is 0. The Labute approximate surface area is 125 Å². The Morgan fingerprint density at radius 2 is 1.71 bits per heavy atom. The lowest BCUT2D eigenvalue weighted by molar-refractivity contribution is 0.112. The van der Waals surface area contributed by atoms with Crippen molar-refractivity contribution in [2.45, 2.75) is 19.8 Å². The molecule has 0 aromatic heterocycles. The zero-order chi connectivity index (χ0) is 15.1. The van der Waals surface area contributed by atoms with Crippen LogP contribution >= 0.6 is 0 Å². The molecule has 0 fully saturated rings. The van der Waals surface area contributed by atoms with Crippen LogP contribution in [0.3, 0.4) is 0 Å². The standard InChI is InChI=1S/C18H20O3/c1-14(2)17-12-15(13-19)8-9-18(17)21-11-10-20-16-6-4-3-5-7-16/h3-9,12-14H,10-11H2,1-2H3. The number of aldehydes is 1. The number of hydrogen-bond donors (Lipinski definition) is 0. The Morgan fingerprint density at radius 1 is 1.00 bits per heavy atom. The van der Waals surface area contributed by atoms with Gasteiger partial charge in [0.05, 0.1) is 0 Å². The molecule has 0 aliphatic rings. The number of carbonyl (C=O) groups is 1. The second-order valence-electron chi connectivity index (χ2n) is 5.08. The van der Waals surface area contributed by atoms with Crippen molar-refractivity contribution >= 4 is 6.29 Å². The van der Waals surface area contributed by atoms with Crippen LogP contribution in [0.15, 0.2) is 48.5 Å². The maximum absolute atomic E-state index is 10.8. The summed E-state index contributed by atoms with van der Waals surface area (Å²) < 4.78 is 11.4. The van der Waals surface area contributed by atoms with Crippen molar-refractivity contribution in [2.24, 2.45) is 0 Å². The smallest absolute Gasteiger partial charge is 0.150 e. The lowest BCUT2D eigenvalue weighted by Crippen LogP contribution is -2.10. The third-order valence-electron chi connectivity index (χ3n) is 3.14. The van der Waals surface area contributed by atoms with Crippen molar-refractivity contribution in [2.75, 3.05) is 13.2 Å². The van der Waals surface area contributed by atoms with E-state index in [0.717, 1.165) is 23.3 Å². The zero-order valence-electron chi connectivity index (χ0n) is 12.4. The second-order valence-corrected chi connectivity index (χ2v) is 5.08. The van der Waals surface area contributed by atoms with E-state index >= 15 is 0 Å². The maximum Gasteiger partial charge on any atom is 0.150 e. The van der Waals surface area contributed by atoms with E-state index in [-0.39, 0.29) is 0 Å².